The Morgan fingerprint density at radius 2 is 0.720 bits per heavy atom. The Morgan fingerprint density at radius 3 is 1.25 bits per heavy atom. The fraction of sp³-hybridized carbons (Fsp3) is 0.929. The highest BCUT2D eigenvalue weighted by Crippen LogP contribution is 2.38. The van der Waals surface area contributed by atoms with Crippen molar-refractivity contribution in [3.8, 4) is 0 Å². The Kier molecular flexibility index (Phi) is 21.8. The lowest BCUT2D eigenvalue weighted by Crippen LogP contribution is -2.71. The molecule has 6 rings (SSSR count). The molecule has 0 aliphatic carbocycles. The summed E-state index contributed by atoms with van der Waals surface area (Å²) in [6.07, 6.45) is -50.8. The third-order valence-electron chi connectivity index (χ3n) is 13.6. The smallest absolute Gasteiger partial charge is 0.217 e. The zero-order chi connectivity index (χ0) is 55.5. The van der Waals surface area contributed by atoms with Crippen LogP contribution >= 0.6 is 0 Å². The summed E-state index contributed by atoms with van der Waals surface area (Å²) in [7, 11) is 0. The second-order valence-electron chi connectivity index (χ2n) is 18.9. The summed E-state index contributed by atoms with van der Waals surface area (Å²) < 4.78 is 64.5. The maximum atomic E-state index is 12.8. The molecule has 6 fully saturated rings. The van der Waals surface area contributed by atoms with Crippen LogP contribution in [0.5, 0.6) is 0 Å². The van der Waals surface area contributed by atoms with Crippen molar-refractivity contribution < 1.29 is 148 Å². The lowest BCUT2D eigenvalue weighted by Gasteiger charge is -2.51. The zero-order valence-electron chi connectivity index (χ0n) is 40.7. The van der Waals surface area contributed by atoms with Crippen LogP contribution in [0.15, 0.2) is 0 Å². The molecular formula is C42H71N3O30. The van der Waals surface area contributed by atoms with Gasteiger partial charge in [-0.2, -0.15) is 0 Å². The van der Waals surface area contributed by atoms with Crippen molar-refractivity contribution in [3.63, 3.8) is 0 Å². The number of aliphatic hydroxyl groups excluding tert-OH is 16. The van der Waals surface area contributed by atoms with Gasteiger partial charge in [-0.1, -0.05) is 0 Å². The molecule has 3 amide bonds. The van der Waals surface area contributed by atoms with Gasteiger partial charge in [-0.25, -0.2) is 0 Å². The second-order valence-corrected chi connectivity index (χ2v) is 18.9. The van der Waals surface area contributed by atoms with Crippen molar-refractivity contribution in [1.82, 2.24) is 16.0 Å². The van der Waals surface area contributed by atoms with Crippen LogP contribution in [0.25, 0.3) is 0 Å². The molecule has 0 saturated carbocycles. The van der Waals surface area contributed by atoms with Gasteiger partial charge < -0.3 is 150 Å². The quantitative estimate of drug-likeness (QED) is 0.0606. The highest BCUT2D eigenvalue weighted by molar-refractivity contribution is 5.74. The van der Waals surface area contributed by atoms with E-state index in [-0.39, 0.29) is 0 Å². The predicted octanol–water partition coefficient (Wildman–Crippen LogP) is -12.6. The molecule has 0 spiro atoms. The molecule has 0 aromatic carbocycles. The molecule has 434 valence electrons. The third kappa shape index (κ3) is 13.5. The highest BCUT2D eigenvalue weighted by atomic mass is 16.8. The average Bonchev–Trinajstić information content (AvgIpc) is 3.36. The molecule has 0 unspecified atom stereocenters. The Balaban J connectivity index is 1.32. The molecule has 6 aliphatic heterocycles. The number of ether oxygens (including phenoxy) is 11. The van der Waals surface area contributed by atoms with Gasteiger partial charge in [0.1, 0.15) is 140 Å². The topological polar surface area (TPSA) is 513 Å². The van der Waals surface area contributed by atoms with Crippen molar-refractivity contribution in [3.05, 3.63) is 0 Å². The van der Waals surface area contributed by atoms with Crippen LogP contribution in [0.3, 0.4) is 0 Å². The van der Waals surface area contributed by atoms with Crippen molar-refractivity contribution in [1.29, 1.82) is 0 Å². The Bertz CT molecular complexity index is 1850. The summed E-state index contributed by atoms with van der Waals surface area (Å²) in [5.41, 5.74) is 0. The van der Waals surface area contributed by atoms with E-state index in [0.717, 1.165) is 20.8 Å². The lowest BCUT2D eigenvalue weighted by atomic mass is 9.93. The number of hydrogen-bond acceptors (Lipinski definition) is 30. The van der Waals surface area contributed by atoms with Gasteiger partial charge in [0.25, 0.3) is 0 Å². The van der Waals surface area contributed by atoms with Gasteiger partial charge in [0.05, 0.1) is 39.1 Å². The number of rotatable bonds is 18. The van der Waals surface area contributed by atoms with Crippen LogP contribution in [-0.4, -0.2) is 317 Å². The van der Waals surface area contributed by atoms with E-state index in [0.29, 0.717) is 0 Å². The summed E-state index contributed by atoms with van der Waals surface area (Å²) >= 11 is 0. The van der Waals surface area contributed by atoms with Gasteiger partial charge in [-0.05, 0) is 6.92 Å². The molecule has 6 heterocycles. The molecule has 33 nitrogen and oxygen atoms in total. The molecule has 0 aromatic heterocycles. The van der Waals surface area contributed by atoms with E-state index in [1.807, 2.05) is 0 Å². The van der Waals surface area contributed by atoms with E-state index in [4.69, 9.17) is 52.1 Å². The molecule has 0 bridgehead atoms. The first kappa shape index (κ1) is 61.5. The van der Waals surface area contributed by atoms with Crippen LogP contribution in [0.4, 0.5) is 0 Å². The van der Waals surface area contributed by atoms with Gasteiger partial charge >= 0.3 is 0 Å². The third-order valence-corrected chi connectivity index (χ3v) is 13.6. The minimum Gasteiger partial charge on any atom is -0.394 e. The molecule has 30 atom stereocenters. The van der Waals surface area contributed by atoms with E-state index < -0.39 is 235 Å². The van der Waals surface area contributed by atoms with Crippen LogP contribution in [0.2, 0.25) is 0 Å². The van der Waals surface area contributed by atoms with E-state index in [9.17, 15) is 96.1 Å². The molecule has 0 radical (unpaired) electrons. The van der Waals surface area contributed by atoms with Gasteiger partial charge in [-0.15, -0.1) is 0 Å². The van der Waals surface area contributed by atoms with Crippen LogP contribution in [-0.2, 0) is 66.5 Å². The summed E-state index contributed by atoms with van der Waals surface area (Å²) in [5, 5.41) is 181. The minimum absolute atomic E-state index is 0.716. The van der Waals surface area contributed by atoms with Crippen LogP contribution < -0.4 is 16.0 Å². The number of carbonyl (C=O) groups excluding carboxylic acids is 3. The lowest BCUT2D eigenvalue weighted by molar-refractivity contribution is -0.402. The van der Waals surface area contributed by atoms with E-state index >= 15 is 0 Å². The summed E-state index contributed by atoms with van der Waals surface area (Å²) in [4.78, 5) is 37.0. The van der Waals surface area contributed by atoms with E-state index in [1.165, 1.54) is 6.92 Å². The van der Waals surface area contributed by atoms with Crippen molar-refractivity contribution in [2.24, 2.45) is 0 Å². The van der Waals surface area contributed by atoms with Gasteiger partial charge in [0.15, 0.2) is 37.7 Å². The molecule has 75 heavy (non-hydrogen) atoms. The number of amides is 3. The van der Waals surface area contributed by atoms with E-state index in [2.05, 4.69) is 16.0 Å². The minimum atomic E-state index is -2.16. The van der Waals surface area contributed by atoms with Crippen LogP contribution in [0.1, 0.15) is 27.7 Å². The van der Waals surface area contributed by atoms with Crippen molar-refractivity contribution in [2.45, 2.75) is 212 Å². The SMILES string of the molecule is CC(=O)N[C@@H]1[C@@H](O)[C@H](O[C@@H]2O[C@H](CO)[C@H](O)[C@H](O[C@@H]3O[C@H](CO)[C@@H](O[C@@H]4O[C@H](CO)[C@H](O)[C@H](O[C@H]5O[C@H](CO)[C@H](O)[C@H](O)[C@H]5NC(C)=O)[C@H]4O[C@@H]4O[C@@H](C)[C@@H](O)[C@@H](O)[C@@H]4O)[C@H](O)[C@H]3NC(C)=O)[C@H]2O)[C@@H](CO)O[C@H]1O. The summed E-state index contributed by atoms with van der Waals surface area (Å²) in [6.45, 7) is -0.569. The Hall–Kier alpha value is -2.67. The standard InChI is InChI=1S/C42H71N3O30/c1-10-22(54)29(61)30(62)40(65-10)75-36-35(74-38-20(44-12(3)52)26(58)23(55)14(5-46)67-38)25(57)16(7-48)69-42(36)72-33-18(9-50)70-39(21(28(33)60)45-13(4)53)73-34-24(56)15(6-47)68-41(31(34)63)71-32-17(8-49)66-37(64)19(27(32)59)43-11(2)51/h10,14-42,46-50,54-64H,5-9H2,1-4H3,(H,43,51)(H,44,52)(H,45,53)/t10-,14+,15+,16+,17+,18+,19+,20+,21+,22+,23-,24-,25-,26+,27+,28+,29+,30-,31+,32+,33+,34-,35-,36+,37+,38+,39-,40-,41-,42-/m0/s1. The normalized spacial score (nSPS) is 48.6. The molecular weight excluding hydrogens is 1030 g/mol. The fourth-order valence-corrected chi connectivity index (χ4v) is 9.64. The Labute approximate surface area is 426 Å². The monoisotopic (exact) mass is 1100 g/mol. The fourth-order valence-electron chi connectivity index (χ4n) is 9.64. The maximum Gasteiger partial charge on any atom is 0.217 e. The highest BCUT2D eigenvalue weighted by Gasteiger charge is 2.59. The second kappa shape index (κ2) is 26.5. The molecule has 19 N–H and O–H groups in total. The van der Waals surface area contributed by atoms with Crippen molar-refractivity contribution in [2.75, 3.05) is 33.0 Å². The van der Waals surface area contributed by atoms with Crippen LogP contribution in [0, 0.1) is 0 Å². The number of carbonyl (C=O) groups is 3. The summed E-state index contributed by atoms with van der Waals surface area (Å²) in [5.74, 6) is -2.38. The molecule has 6 saturated heterocycles. The maximum absolute atomic E-state index is 12.8. The van der Waals surface area contributed by atoms with E-state index in [1.54, 1.807) is 0 Å². The molecule has 0 aromatic rings. The Morgan fingerprint density at radius 1 is 0.347 bits per heavy atom. The first-order valence-corrected chi connectivity index (χ1v) is 24.0. The van der Waals surface area contributed by atoms with Crippen molar-refractivity contribution >= 4 is 17.7 Å². The zero-order valence-corrected chi connectivity index (χ0v) is 40.7. The first-order valence-electron chi connectivity index (χ1n) is 24.0. The average molecular weight is 1100 g/mol. The number of hydrogen-bond donors (Lipinski definition) is 19. The number of nitrogens with one attached hydrogen (secondary N) is 3. The largest absolute Gasteiger partial charge is 0.394 e. The summed E-state index contributed by atoms with van der Waals surface area (Å²) in [6, 6.07) is -5.05. The van der Waals surface area contributed by atoms with Gasteiger partial charge in [-0.3, -0.25) is 14.4 Å². The predicted molar refractivity (Wildman–Crippen MR) is 233 cm³/mol. The van der Waals surface area contributed by atoms with Gasteiger partial charge in [0.2, 0.25) is 17.7 Å². The van der Waals surface area contributed by atoms with Gasteiger partial charge in [0, 0.05) is 20.8 Å². The molecule has 33 heteroatoms. The number of aliphatic hydroxyl groups is 16. The first-order chi connectivity index (χ1) is 35.4. The molecule has 6 aliphatic rings.